The molecule has 6 heteroatoms. The average Bonchev–Trinajstić information content (AvgIpc) is 2.72. The predicted molar refractivity (Wildman–Crippen MR) is 120 cm³/mol. The van der Waals surface area contributed by atoms with Crippen LogP contribution in [0.2, 0.25) is 5.02 Å². The van der Waals surface area contributed by atoms with Crippen LogP contribution in [-0.2, 0) is 14.3 Å². The Morgan fingerprint density at radius 3 is 2.33 bits per heavy atom. The van der Waals surface area contributed by atoms with E-state index in [0.717, 1.165) is 10.0 Å². The lowest BCUT2D eigenvalue weighted by molar-refractivity contribution is -0.156. The number of ketones is 1. The van der Waals surface area contributed by atoms with Crippen molar-refractivity contribution in [3.05, 3.63) is 80.5 Å². The van der Waals surface area contributed by atoms with Crippen molar-refractivity contribution in [1.29, 1.82) is 0 Å². The minimum Gasteiger partial charge on any atom is -0.485 e. The van der Waals surface area contributed by atoms with Crippen LogP contribution in [0.4, 0.5) is 0 Å². The molecule has 2 atom stereocenters. The van der Waals surface area contributed by atoms with Crippen molar-refractivity contribution in [3.63, 3.8) is 0 Å². The van der Waals surface area contributed by atoms with Crippen LogP contribution >= 0.6 is 27.5 Å². The maximum absolute atomic E-state index is 13.1. The Morgan fingerprint density at radius 1 is 1.17 bits per heavy atom. The molecule has 158 valence electrons. The molecule has 0 fully saturated rings. The summed E-state index contributed by atoms with van der Waals surface area (Å²) in [5.74, 6) is -0.0886. The molecular formula is C24H24BrClO4. The number of carbonyl (C=O) groups excluding carboxylic acids is 2. The Labute approximate surface area is 190 Å². The summed E-state index contributed by atoms with van der Waals surface area (Å²) in [6.45, 7) is 7.47. The maximum Gasteiger partial charge on any atom is 0.337 e. The van der Waals surface area contributed by atoms with Gasteiger partial charge in [-0.2, -0.15) is 0 Å². The third-order valence-electron chi connectivity index (χ3n) is 5.34. The molecule has 0 amide bonds. The number of esters is 1. The van der Waals surface area contributed by atoms with E-state index in [0.29, 0.717) is 28.3 Å². The van der Waals surface area contributed by atoms with Gasteiger partial charge in [-0.15, -0.1) is 0 Å². The van der Waals surface area contributed by atoms with E-state index in [4.69, 9.17) is 21.1 Å². The molecule has 0 aliphatic carbocycles. The summed E-state index contributed by atoms with van der Waals surface area (Å²) < 4.78 is 12.9. The molecule has 0 bridgehead atoms. The molecule has 2 unspecified atom stereocenters. The SMILES string of the molecule is CCC(OC1=C(C)C(=O)OC(c2ccc(Cl)cc2)C1(C)C)C(=O)c1ccc(Br)cc1. The zero-order valence-electron chi connectivity index (χ0n) is 17.4. The molecule has 0 saturated carbocycles. The molecule has 0 N–H and O–H groups in total. The normalized spacial score (nSPS) is 19.3. The summed E-state index contributed by atoms with van der Waals surface area (Å²) in [6.07, 6.45) is -0.781. The third-order valence-corrected chi connectivity index (χ3v) is 6.12. The predicted octanol–water partition coefficient (Wildman–Crippen LogP) is 6.68. The Bertz CT molecular complexity index is 977. The quantitative estimate of drug-likeness (QED) is 0.334. The fourth-order valence-electron chi connectivity index (χ4n) is 3.66. The minimum absolute atomic E-state index is 0.122. The number of ether oxygens (including phenoxy) is 2. The highest BCUT2D eigenvalue weighted by Crippen LogP contribution is 2.48. The van der Waals surface area contributed by atoms with Crippen LogP contribution < -0.4 is 0 Å². The lowest BCUT2D eigenvalue weighted by Gasteiger charge is -2.41. The molecule has 1 heterocycles. The molecular weight excluding hydrogens is 468 g/mol. The van der Waals surface area contributed by atoms with Gasteiger partial charge in [0.05, 0.1) is 11.0 Å². The van der Waals surface area contributed by atoms with Gasteiger partial charge in [0.25, 0.3) is 0 Å². The first kappa shape index (κ1) is 22.6. The van der Waals surface area contributed by atoms with Crippen LogP contribution in [0.1, 0.15) is 56.1 Å². The molecule has 1 aliphatic rings. The van der Waals surface area contributed by atoms with E-state index in [9.17, 15) is 9.59 Å². The van der Waals surface area contributed by atoms with E-state index in [1.165, 1.54) is 0 Å². The van der Waals surface area contributed by atoms with E-state index in [-0.39, 0.29) is 5.78 Å². The highest BCUT2D eigenvalue weighted by atomic mass is 79.9. The van der Waals surface area contributed by atoms with Gasteiger partial charge >= 0.3 is 5.97 Å². The first-order valence-electron chi connectivity index (χ1n) is 9.79. The third kappa shape index (κ3) is 4.47. The lowest BCUT2D eigenvalue weighted by Crippen LogP contribution is -2.38. The number of rotatable bonds is 6. The molecule has 1 aliphatic heterocycles. The first-order chi connectivity index (χ1) is 14.1. The van der Waals surface area contributed by atoms with Gasteiger partial charge in [-0.05, 0) is 57.0 Å². The highest BCUT2D eigenvalue weighted by Gasteiger charge is 2.46. The summed E-state index contributed by atoms with van der Waals surface area (Å²) in [7, 11) is 0. The molecule has 0 aromatic heterocycles. The highest BCUT2D eigenvalue weighted by molar-refractivity contribution is 9.10. The topological polar surface area (TPSA) is 52.6 Å². The van der Waals surface area contributed by atoms with Crippen LogP contribution in [0.3, 0.4) is 0 Å². The molecule has 0 spiro atoms. The number of halogens is 2. The Morgan fingerprint density at radius 2 is 1.77 bits per heavy atom. The van der Waals surface area contributed by atoms with Gasteiger partial charge in [-0.3, -0.25) is 4.79 Å². The van der Waals surface area contributed by atoms with E-state index in [2.05, 4.69) is 15.9 Å². The molecule has 2 aromatic carbocycles. The zero-order valence-corrected chi connectivity index (χ0v) is 19.7. The van der Waals surface area contributed by atoms with Crippen LogP contribution in [0.25, 0.3) is 0 Å². The van der Waals surface area contributed by atoms with Crippen molar-refractivity contribution in [2.45, 2.75) is 46.3 Å². The second kappa shape index (κ2) is 8.94. The van der Waals surface area contributed by atoms with Gasteiger partial charge in [0, 0.05) is 15.1 Å². The monoisotopic (exact) mass is 490 g/mol. The van der Waals surface area contributed by atoms with Crippen molar-refractivity contribution >= 4 is 39.3 Å². The molecule has 4 nitrogen and oxygen atoms in total. The van der Waals surface area contributed by atoms with Crippen molar-refractivity contribution in [1.82, 2.24) is 0 Å². The van der Waals surface area contributed by atoms with Crippen molar-refractivity contribution in [2.75, 3.05) is 0 Å². The molecule has 3 rings (SSSR count). The van der Waals surface area contributed by atoms with E-state index < -0.39 is 23.6 Å². The summed E-state index contributed by atoms with van der Waals surface area (Å²) in [6, 6.07) is 14.4. The second-order valence-electron chi connectivity index (χ2n) is 7.90. The van der Waals surface area contributed by atoms with Crippen molar-refractivity contribution < 1.29 is 19.1 Å². The van der Waals surface area contributed by atoms with Crippen LogP contribution in [0, 0.1) is 5.41 Å². The number of hydrogen-bond acceptors (Lipinski definition) is 4. The van der Waals surface area contributed by atoms with E-state index in [1.807, 2.05) is 45.0 Å². The van der Waals surface area contributed by atoms with E-state index in [1.54, 1.807) is 31.2 Å². The van der Waals surface area contributed by atoms with Gasteiger partial charge in [0.2, 0.25) is 5.78 Å². The molecule has 0 saturated heterocycles. The summed E-state index contributed by atoms with van der Waals surface area (Å²) in [5, 5.41) is 0.605. The van der Waals surface area contributed by atoms with Gasteiger partial charge < -0.3 is 9.47 Å². The van der Waals surface area contributed by atoms with Crippen molar-refractivity contribution in [2.24, 2.45) is 5.41 Å². The first-order valence-corrected chi connectivity index (χ1v) is 11.0. The van der Waals surface area contributed by atoms with Gasteiger partial charge in [0.15, 0.2) is 6.10 Å². The molecule has 0 radical (unpaired) electrons. The average molecular weight is 492 g/mol. The second-order valence-corrected chi connectivity index (χ2v) is 9.25. The Balaban J connectivity index is 1.94. The largest absolute Gasteiger partial charge is 0.485 e. The summed E-state index contributed by atoms with van der Waals surface area (Å²) in [4.78, 5) is 25.7. The smallest absolute Gasteiger partial charge is 0.337 e. The van der Waals surface area contributed by atoms with Crippen LogP contribution in [0.5, 0.6) is 0 Å². The number of carbonyl (C=O) groups is 2. The number of benzene rings is 2. The summed E-state index contributed by atoms with van der Waals surface area (Å²) in [5.41, 5.74) is 1.10. The van der Waals surface area contributed by atoms with Crippen molar-refractivity contribution in [3.8, 4) is 0 Å². The number of Topliss-reactive ketones (excluding diaryl/α,β-unsaturated/α-hetero) is 1. The molecule has 2 aromatic rings. The maximum atomic E-state index is 13.1. The standard InChI is InChI=1S/C24H24BrClO4/c1-5-19(20(27)15-6-10-17(25)11-7-15)29-21-14(2)23(28)30-22(24(21,3)4)16-8-12-18(26)13-9-16/h6-13,19,22H,5H2,1-4H3. The van der Waals surface area contributed by atoms with Crippen LogP contribution in [0.15, 0.2) is 64.3 Å². The minimum atomic E-state index is -0.702. The Hall–Kier alpha value is -2.11. The summed E-state index contributed by atoms with van der Waals surface area (Å²) >= 11 is 9.39. The van der Waals surface area contributed by atoms with Gasteiger partial charge in [-0.25, -0.2) is 4.79 Å². The lowest BCUT2D eigenvalue weighted by atomic mass is 9.77. The fraction of sp³-hybridized carbons (Fsp3) is 0.333. The Kier molecular flexibility index (Phi) is 6.73. The van der Waals surface area contributed by atoms with Gasteiger partial charge in [0.1, 0.15) is 11.9 Å². The molecule has 30 heavy (non-hydrogen) atoms. The fourth-order valence-corrected chi connectivity index (χ4v) is 4.06. The number of cyclic esters (lactones) is 1. The van der Waals surface area contributed by atoms with Crippen LogP contribution in [-0.4, -0.2) is 17.9 Å². The van der Waals surface area contributed by atoms with E-state index >= 15 is 0 Å². The number of hydrogen-bond donors (Lipinski definition) is 0. The zero-order chi connectivity index (χ0) is 22.1. The van der Waals surface area contributed by atoms with Gasteiger partial charge in [-0.1, -0.05) is 58.7 Å².